The van der Waals surface area contributed by atoms with Crippen molar-refractivity contribution in [3.63, 3.8) is 0 Å². The predicted molar refractivity (Wildman–Crippen MR) is 95.2 cm³/mol. The number of rotatable bonds is 7. The number of hydrogen-bond acceptors (Lipinski definition) is 3. The summed E-state index contributed by atoms with van der Waals surface area (Å²) < 4.78 is 0. The summed E-state index contributed by atoms with van der Waals surface area (Å²) in [6.45, 7) is 12.6. The highest BCUT2D eigenvalue weighted by Crippen LogP contribution is 2.17. The van der Waals surface area contributed by atoms with E-state index < -0.39 is 0 Å². The van der Waals surface area contributed by atoms with Crippen molar-refractivity contribution in [1.29, 1.82) is 0 Å². The Morgan fingerprint density at radius 1 is 1.05 bits per heavy atom. The first-order chi connectivity index (χ1) is 10.1. The van der Waals surface area contributed by atoms with Crippen LogP contribution in [-0.2, 0) is 6.54 Å². The Balaban J connectivity index is 1.80. The van der Waals surface area contributed by atoms with E-state index in [1.165, 1.54) is 35.7 Å². The molecule has 0 bridgehead atoms. The minimum Gasteiger partial charge on any atom is -0.316 e. The Labute approximate surface area is 134 Å². The van der Waals surface area contributed by atoms with E-state index in [1.807, 2.05) is 0 Å². The predicted octanol–water partition coefficient (Wildman–Crippen LogP) is 3.58. The van der Waals surface area contributed by atoms with Crippen molar-refractivity contribution < 1.29 is 0 Å². The van der Waals surface area contributed by atoms with Crippen molar-refractivity contribution in [3.05, 3.63) is 35.4 Å². The minimum absolute atomic E-state index is 0.587. The zero-order chi connectivity index (χ0) is 15.1. The van der Waals surface area contributed by atoms with Crippen molar-refractivity contribution in [3.8, 4) is 0 Å². The zero-order valence-electron chi connectivity index (χ0n) is 13.8. The lowest BCUT2D eigenvalue weighted by atomic mass is 9.99. The van der Waals surface area contributed by atoms with Crippen LogP contribution < -0.4 is 5.32 Å². The van der Waals surface area contributed by atoms with Gasteiger partial charge in [0.05, 0.1) is 0 Å². The van der Waals surface area contributed by atoms with Gasteiger partial charge in [-0.25, -0.2) is 0 Å². The third kappa shape index (κ3) is 6.01. The molecule has 0 spiro atoms. The lowest BCUT2D eigenvalue weighted by molar-refractivity contribution is 0.294. The van der Waals surface area contributed by atoms with Crippen molar-refractivity contribution in [2.24, 2.45) is 5.92 Å². The van der Waals surface area contributed by atoms with Crippen LogP contribution in [-0.4, -0.2) is 42.6 Å². The van der Waals surface area contributed by atoms with E-state index in [2.05, 4.69) is 67.0 Å². The topological polar surface area (TPSA) is 15.3 Å². The maximum absolute atomic E-state index is 3.55. The SMILES string of the molecule is CC(C)CNCC(C)c1ccc(CN2CCSCC2)cc1. The molecule has 1 heterocycles. The van der Waals surface area contributed by atoms with E-state index in [0.29, 0.717) is 5.92 Å². The number of nitrogens with zero attached hydrogens (tertiary/aromatic N) is 1. The molecule has 0 aromatic heterocycles. The average molecular weight is 307 g/mol. The summed E-state index contributed by atoms with van der Waals surface area (Å²) in [4.78, 5) is 2.57. The van der Waals surface area contributed by atoms with Gasteiger partial charge in [0.2, 0.25) is 0 Å². The van der Waals surface area contributed by atoms with Crippen molar-refractivity contribution in [2.45, 2.75) is 33.2 Å². The molecule has 1 unspecified atom stereocenters. The lowest BCUT2D eigenvalue weighted by Gasteiger charge is -2.26. The molecule has 1 saturated heterocycles. The van der Waals surface area contributed by atoms with E-state index in [-0.39, 0.29) is 0 Å². The average Bonchev–Trinajstić information content (AvgIpc) is 2.48. The first-order valence-electron chi connectivity index (χ1n) is 8.25. The normalized spacial score (nSPS) is 18.1. The maximum Gasteiger partial charge on any atom is 0.0234 e. The molecule has 1 aliphatic heterocycles. The largest absolute Gasteiger partial charge is 0.316 e. The van der Waals surface area contributed by atoms with Crippen LogP contribution in [0.1, 0.15) is 37.8 Å². The molecule has 1 N–H and O–H groups in total. The van der Waals surface area contributed by atoms with Gasteiger partial charge in [-0.05, 0) is 29.5 Å². The number of hydrogen-bond donors (Lipinski definition) is 1. The van der Waals surface area contributed by atoms with E-state index in [1.54, 1.807) is 0 Å². The molecule has 1 fully saturated rings. The second-order valence-corrected chi connectivity index (χ2v) is 7.81. The summed E-state index contributed by atoms with van der Waals surface area (Å²) in [5.74, 6) is 3.89. The van der Waals surface area contributed by atoms with Gasteiger partial charge in [0, 0.05) is 37.7 Å². The van der Waals surface area contributed by atoms with Crippen LogP contribution in [0.15, 0.2) is 24.3 Å². The Kier molecular flexibility index (Phi) is 7.08. The van der Waals surface area contributed by atoms with Crippen molar-refractivity contribution >= 4 is 11.8 Å². The second kappa shape index (κ2) is 8.82. The summed E-state index contributed by atoms with van der Waals surface area (Å²) in [5.41, 5.74) is 2.90. The second-order valence-electron chi connectivity index (χ2n) is 6.58. The van der Waals surface area contributed by atoms with Crippen LogP contribution in [0.2, 0.25) is 0 Å². The molecular formula is C18H30N2S. The van der Waals surface area contributed by atoms with Gasteiger partial charge in [-0.15, -0.1) is 0 Å². The fraction of sp³-hybridized carbons (Fsp3) is 0.667. The molecule has 1 aromatic carbocycles. The highest BCUT2D eigenvalue weighted by molar-refractivity contribution is 7.99. The Morgan fingerprint density at radius 2 is 1.71 bits per heavy atom. The molecular weight excluding hydrogens is 276 g/mol. The number of nitrogens with one attached hydrogen (secondary N) is 1. The minimum atomic E-state index is 0.587. The Morgan fingerprint density at radius 3 is 2.33 bits per heavy atom. The molecule has 118 valence electrons. The van der Waals surface area contributed by atoms with Crippen LogP contribution in [0.5, 0.6) is 0 Å². The molecule has 1 aliphatic rings. The quantitative estimate of drug-likeness (QED) is 0.829. The van der Waals surface area contributed by atoms with Crippen LogP contribution >= 0.6 is 11.8 Å². The number of thioether (sulfide) groups is 1. The van der Waals surface area contributed by atoms with Crippen LogP contribution in [0.25, 0.3) is 0 Å². The molecule has 3 heteroatoms. The van der Waals surface area contributed by atoms with Gasteiger partial charge in [-0.2, -0.15) is 11.8 Å². The standard InChI is InChI=1S/C18H30N2S/c1-15(2)12-19-13-16(3)18-6-4-17(5-7-18)14-20-8-10-21-11-9-20/h4-7,15-16,19H,8-14H2,1-3H3. The van der Waals surface area contributed by atoms with Gasteiger partial charge >= 0.3 is 0 Å². The lowest BCUT2D eigenvalue weighted by Crippen LogP contribution is -2.31. The van der Waals surface area contributed by atoms with E-state index in [9.17, 15) is 0 Å². The molecule has 0 amide bonds. The molecule has 2 nitrogen and oxygen atoms in total. The zero-order valence-corrected chi connectivity index (χ0v) is 14.6. The molecule has 0 radical (unpaired) electrons. The Bertz CT molecular complexity index is 396. The van der Waals surface area contributed by atoms with Gasteiger partial charge < -0.3 is 5.32 Å². The van der Waals surface area contributed by atoms with Gasteiger partial charge in [-0.3, -0.25) is 4.90 Å². The third-order valence-corrected chi connectivity index (χ3v) is 5.00. The summed E-state index contributed by atoms with van der Waals surface area (Å²) in [5, 5.41) is 3.55. The van der Waals surface area contributed by atoms with Crippen LogP contribution in [0.3, 0.4) is 0 Å². The van der Waals surface area contributed by atoms with Gasteiger partial charge in [0.25, 0.3) is 0 Å². The molecule has 21 heavy (non-hydrogen) atoms. The van der Waals surface area contributed by atoms with Gasteiger partial charge in [0.15, 0.2) is 0 Å². The number of benzene rings is 1. The van der Waals surface area contributed by atoms with Gasteiger partial charge in [0.1, 0.15) is 0 Å². The van der Waals surface area contributed by atoms with E-state index in [4.69, 9.17) is 0 Å². The third-order valence-electron chi connectivity index (χ3n) is 4.06. The van der Waals surface area contributed by atoms with Crippen molar-refractivity contribution in [2.75, 3.05) is 37.7 Å². The molecule has 0 aliphatic carbocycles. The highest BCUT2D eigenvalue weighted by atomic mass is 32.2. The summed E-state index contributed by atoms with van der Waals surface area (Å²) in [6, 6.07) is 9.26. The van der Waals surface area contributed by atoms with Gasteiger partial charge in [-0.1, -0.05) is 45.0 Å². The summed E-state index contributed by atoms with van der Waals surface area (Å²) in [7, 11) is 0. The fourth-order valence-electron chi connectivity index (χ4n) is 2.68. The summed E-state index contributed by atoms with van der Waals surface area (Å²) >= 11 is 2.08. The highest BCUT2D eigenvalue weighted by Gasteiger charge is 2.11. The van der Waals surface area contributed by atoms with E-state index >= 15 is 0 Å². The molecule has 0 saturated carbocycles. The van der Waals surface area contributed by atoms with E-state index in [0.717, 1.165) is 25.6 Å². The Hall–Kier alpha value is -0.510. The monoisotopic (exact) mass is 306 g/mol. The first kappa shape index (κ1) is 16.9. The molecule has 1 aromatic rings. The smallest absolute Gasteiger partial charge is 0.0234 e. The molecule has 2 rings (SSSR count). The first-order valence-corrected chi connectivity index (χ1v) is 9.40. The van der Waals surface area contributed by atoms with Crippen LogP contribution in [0, 0.1) is 5.92 Å². The van der Waals surface area contributed by atoms with Crippen molar-refractivity contribution in [1.82, 2.24) is 10.2 Å². The maximum atomic E-state index is 3.55. The molecule has 1 atom stereocenters. The fourth-order valence-corrected chi connectivity index (χ4v) is 3.65. The summed E-state index contributed by atoms with van der Waals surface area (Å²) in [6.07, 6.45) is 0. The van der Waals surface area contributed by atoms with Crippen LogP contribution in [0.4, 0.5) is 0 Å².